The first-order valence-corrected chi connectivity index (χ1v) is 16.3. The average Bonchev–Trinajstić information content (AvgIpc) is 3.05. The zero-order chi connectivity index (χ0) is 32.0. The van der Waals surface area contributed by atoms with E-state index in [2.05, 4.69) is 81.9 Å². The summed E-state index contributed by atoms with van der Waals surface area (Å²) in [6, 6.07) is 21.7. The lowest BCUT2D eigenvalue weighted by molar-refractivity contribution is -0.138. The highest BCUT2D eigenvalue weighted by Gasteiger charge is 2.29. The summed E-state index contributed by atoms with van der Waals surface area (Å²) < 4.78 is 11.7. The van der Waals surface area contributed by atoms with Crippen LogP contribution in [0.15, 0.2) is 72.8 Å². The number of benzene rings is 3. The zero-order valence-corrected chi connectivity index (χ0v) is 27.3. The van der Waals surface area contributed by atoms with Gasteiger partial charge in [0.2, 0.25) is 0 Å². The minimum absolute atomic E-state index is 0.152. The summed E-state index contributed by atoms with van der Waals surface area (Å²) in [6.07, 6.45) is 8.75. The predicted molar refractivity (Wildman–Crippen MR) is 181 cm³/mol. The van der Waals surface area contributed by atoms with Crippen LogP contribution in [0.5, 0.6) is 5.75 Å². The lowest BCUT2D eigenvalue weighted by Crippen LogP contribution is -2.36. The molecule has 0 radical (unpaired) electrons. The smallest absolute Gasteiger partial charge is 0.333 e. The summed E-state index contributed by atoms with van der Waals surface area (Å²) >= 11 is 0. The summed E-state index contributed by atoms with van der Waals surface area (Å²) in [7, 11) is 0. The highest BCUT2D eigenvalue weighted by molar-refractivity contribution is 5.86. The molecule has 0 atom stereocenters. The fourth-order valence-corrected chi connectivity index (χ4v) is 5.40. The van der Waals surface area contributed by atoms with Gasteiger partial charge in [-0.05, 0) is 83.7 Å². The summed E-state index contributed by atoms with van der Waals surface area (Å²) in [5, 5.41) is 20.2. The van der Waals surface area contributed by atoms with Crippen LogP contribution in [0.4, 0.5) is 0 Å². The number of carbonyl (C=O) groups is 1. The number of unbranched alkanes of at least 4 members (excludes halogenated alkanes) is 3. The Kier molecular flexibility index (Phi) is 14.2. The van der Waals surface area contributed by atoms with Crippen LogP contribution in [0, 0.1) is 5.41 Å². The fraction of sp³-hybridized carbons (Fsp3) is 0.462. The van der Waals surface area contributed by atoms with Crippen molar-refractivity contribution < 1.29 is 24.5 Å². The molecule has 0 aliphatic carbocycles. The Balaban J connectivity index is 1.89. The molecule has 0 aromatic heterocycles. The Hall–Kier alpha value is -3.41. The second kappa shape index (κ2) is 17.8. The van der Waals surface area contributed by atoms with E-state index < -0.39 is 11.4 Å². The van der Waals surface area contributed by atoms with E-state index in [1.165, 1.54) is 41.5 Å². The standard InChI is InChI=1S/C39H52O5/c1-6-9-11-12-30-13-15-32(16-14-30)33-17-19-36(31(8-3)24-33)34-18-20-37(35(25-34)21-23-43-38(42)29(4)5)44-28-39(26-40,27-41)22-10-7-2/h13-20,24-25,40-41H,4,6-12,21-23,26-28H2,1-3,5H3. The molecule has 0 bridgehead atoms. The lowest BCUT2D eigenvalue weighted by atomic mass is 9.85. The van der Waals surface area contributed by atoms with E-state index in [0.717, 1.165) is 42.4 Å². The molecule has 0 saturated carbocycles. The number of ether oxygens (including phenoxy) is 2. The maximum atomic E-state index is 12.0. The highest BCUT2D eigenvalue weighted by atomic mass is 16.5. The number of aliphatic hydroxyl groups is 2. The maximum absolute atomic E-state index is 12.0. The first-order valence-electron chi connectivity index (χ1n) is 16.3. The molecular weight excluding hydrogens is 548 g/mol. The van der Waals surface area contributed by atoms with Gasteiger partial charge in [0, 0.05) is 12.0 Å². The number of hydrogen-bond donors (Lipinski definition) is 2. The van der Waals surface area contributed by atoms with Crippen LogP contribution in [-0.4, -0.2) is 42.6 Å². The molecule has 3 rings (SSSR count). The molecule has 0 unspecified atom stereocenters. The van der Waals surface area contributed by atoms with Crippen LogP contribution >= 0.6 is 0 Å². The molecule has 0 aliphatic rings. The minimum atomic E-state index is -0.711. The molecule has 5 nitrogen and oxygen atoms in total. The topological polar surface area (TPSA) is 76.0 Å². The second-order valence-corrected chi connectivity index (χ2v) is 12.1. The average molecular weight is 601 g/mol. The Bertz CT molecular complexity index is 1340. The van der Waals surface area contributed by atoms with Gasteiger partial charge >= 0.3 is 5.97 Å². The maximum Gasteiger partial charge on any atom is 0.333 e. The van der Waals surface area contributed by atoms with Gasteiger partial charge < -0.3 is 19.7 Å². The molecule has 5 heteroatoms. The SMILES string of the molecule is C=C(C)C(=O)OCCc1cc(-c2ccc(-c3ccc(CCCCC)cc3)cc2CC)ccc1OCC(CO)(CO)CCCC. The first kappa shape index (κ1) is 35.1. The van der Waals surface area contributed by atoms with E-state index in [1.807, 2.05) is 6.07 Å². The molecular formula is C39H52O5. The summed E-state index contributed by atoms with van der Waals surface area (Å²) in [4.78, 5) is 12.0. The molecule has 0 heterocycles. The van der Waals surface area contributed by atoms with Crippen LogP contribution in [0.25, 0.3) is 22.3 Å². The summed E-state index contributed by atoms with van der Waals surface area (Å²) in [5.74, 6) is 0.247. The van der Waals surface area contributed by atoms with Gasteiger partial charge in [0.05, 0.1) is 31.8 Å². The number of carbonyl (C=O) groups excluding carboxylic acids is 1. The van der Waals surface area contributed by atoms with Crippen LogP contribution in [0.3, 0.4) is 0 Å². The van der Waals surface area contributed by atoms with Crippen LogP contribution in [0.1, 0.15) is 82.9 Å². The fourth-order valence-electron chi connectivity index (χ4n) is 5.40. The van der Waals surface area contributed by atoms with Gasteiger partial charge in [-0.1, -0.05) is 102 Å². The van der Waals surface area contributed by atoms with E-state index in [9.17, 15) is 15.0 Å². The number of esters is 1. The van der Waals surface area contributed by atoms with Gasteiger partial charge in [-0.15, -0.1) is 0 Å². The third kappa shape index (κ3) is 9.80. The number of hydrogen-bond acceptors (Lipinski definition) is 5. The monoisotopic (exact) mass is 600 g/mol. The molecule has 0 aliphatic heterocycles. The third-order valence-corrected chi connectivity index (χ3v) is 8.43. The molecule has 0 fully saturated rings. The molecule has 0 spiro atoms. The molecule has 0 saturated heterocycles. The predicted octanol–water partition coefficient (Wildman–Crippen LogP) is 8.52. The van der Waals surface area contributed by atoms with Crippen molar-refractivity contribution in [2.45, 2.75) is 85.5 Å². The van der Waals surface area contributed by atoms with Crippen LogP contribution < -0.4 is 4.74 Å². The van der Waals surface area contributed by atoms with E-state index in [4.69, 9.17) is 9.47 Å². The number of aliphatic hydroxyl groups excluding tert-OH is 2. The molecule has 2 N–H and O–H groups in total. The van der Waals surface area contributed by atoms with Crippen molar-refractivity contribution in [2.75, 3.05) is 26.4 Å². The summed E-state index contributed by atoms with van der Waals surface area (Å²) in [5.41, 5.74) is 7.83. The minimum Gasteiger partial charge on any atom is -0.493 e. The van der Waals surface area contributed by atoms with Gasteiger partial charge in [0.15, 0.2) is 0 Å². The lowest BCUT2D eigenvalue weighted by Gasteiger charge is -2.30. The van der Waals surface area contributed by atoms with Crippen molar-refractivity contribution >= 4 is 5.97 Å². The number of aryl methyl sites for hydroxylation is 2. The van der Waals surface area contributed by atoms with E-state index >= 15 is 0 Å². The second-order valence-electron chi connectivity index (χ2n) is 12.1. The number of rotatable bonds is 19. The van der Waals surface area contributed by atoms with Gasteiger partial charge in [-0.2, -0.15) is 0 Å². The Morgan fingerprint density at radius 1 is 0.795 bits per heavy atom. The molecule has 0 amide bonds. The normalized spacial score (nSPS) is 11.4. The van der Waals surface area contributed by atoms with Crippen molar-refractivity contribution in [1.29, 1.82) is 0 Å². The van der Waals surface area contributed by atoms with Crippen molar-refractivity contribution in [3.63, 3.8) is 0 Å². The van der Waals surface area contributed by atoms with E-state index in [-0.39, 0.29) is 26.4 Å². The highest BCUT2D eigenvalue weighted by Crippen LogP contribution is 2.34. The Morgan fingerprint density at radius 3 is 2.09 bits per heavy atom. The molecule has 44 heavy (non-hydrogen) atoms. The van der Waals surface area contributed by atoms with Gasteiger partial charge in [0.25, 0.3) is 0 Å². The van der Waals surface area contributed by atoms with Crippen molar-refractivity contribution in [1.82, 2.24) is 0 Å². The molecule has 3 aromatic rings. The first-order chi connectivity index (χ1) is 21.3. The van der Waals surface area contributed by atoms with E-state index in [0.29, 0.717) is 24.2 Å². The summed E-state index contributed by atoms with van der Waals surface area (Å²) in [6.45, 7) is 11.9. The van der Waals surface area contributed by atoms with E-state index in [1.54, 1.807) is 6.92 Å². The van der Waals surface area contributed by atoms with Gasteiger partial charge in [-0.25, -0.2) is 4.79 Å². The van der Waals surface area contributed by atoms with Crippen molar-refractivity contribution in [3.8, 4) is 28.0 Å². The Morgan fingerprint density at radius 2 is 1.45 bits per heavy atom. The Labute approximate surface area is 264 Å². The quantitative estimate of drug-likeness (QED) is 0.0820. The van der Waals surface area contributed by atoms with Crippen LogP contribution in [-0.2, 0) is 28.8 Å². The van der Waals surface area contributed by atoms with Crippen molar-refractivity contribution in [2.24, 2.45) is 5.41 Å². The molecule has 3 aromatic carbocycles. The molecule has 238 valence electrons. The van der Waals surface area contributed by atoms with Crippen LogP contribution in [0.2, 0.25) is 0 Å². The third-order valence-electron chi connectivity index (χ3n) is 8.43. The largest absolute Gasteiger partial charge is 0.493 e. The van der Waals surface area contributed by atoms with Crippen molar-refractivity contribution in [3.05, 3.63) is 89.5 Å². The van der Waals surface area contributed by atoms with Gasteiger partial charge in [-0.3, -0.25) is 0 Å². The zero-order valence-electron chi connectivity index (χ0n) is 27.3. The van der Waals surface area contributed by atoms with Gasteiger partial charge in [0.1, 0.15) is 5.75 Å².